The minimum Gasteiger partial charge on any atom is -0.386 e. The van der Waals surface area contributed by atoms with Gasteiger partial charge in [-0.1, -0.05) is 47.4 Å². The Morgan fingerprint density at radius 3 is 1.08 bits per heavy atom. The van der Waals surface area contributed by atoms with Crippen LogP contribution in [0.25, 0.3) is 0 Å². The summed E-state index contributed by atoms with van der Waals surface area (Å²) in [7, 11) is 0. The molecule has 0 saturated carbocycles. The molecule has 0 saturated heterocycles. The van der Waals surface area contributed by atoms with E-state index in [1.807, 2.05) is 36.4 Å². The summed E-state index contributed by atoms with van der Waals surface area (Å²) < 4.78 is 9.34. The fraction of sp³-hybridized carbons (Fsp3) is 0. The zero-order valence-electron chi connectivity index (χ0n) is 18.8. The molecule has 0 radical (unpaired) electrons. The van der Waals surface area contributed by atoms with Crippen molar-refractivity contribution in [3.8, 4) is 0 Å². The molecule has 37 heavy (non-hydrogen) atoms. The normalized spacial score (nSPS) is 13.8. The highest BCUT2D eigenvalue weighted by Gasteiger charge is 2.30. The topological polar surface area (TPSA) is 86.7 Å². The molecule has 180 valence electrons. The number of carbonyl (C=O) groups is 4. The maximum absolute atomic E-state index is 11.9. The molecule has 0 bridgehead atoms. The predicted octanol–water partition coefficient (Wildman–Crippen LogP) is 6.76. The molecule has 0 aliphatic carbocycles. The molecule has 2 aliphatic heterocycles. The fourth-order valence-corrected chi connectivity index (χ4v) is 6.79. The summed E-state index contributed by atoms with van der Waals surface area (Å²) in [5.41, 5.74) is 1.18. The Kier molecular flexibility index (Phi) is 6.11. The second-order valence-electron chi connectivity index (χ2n) is 8.02. The standard InChI is InChI=1S/C28H14O6S3/c29-25-21-9-7-19(13-23(21)27(31)33-25)36-17-5-1-3-15(11-17)35-16-4-2-6-18(12-16)37-20-8-10-22-24(14-20)28(32)34-26(22)30/h1-14H. The van der Waals surface area contributed by atoms with Crippen LogP contribution in [0.2, 0.25) is 0 Å². The number of carbonyl (C=O) groups excluding carboxylic acids is 4. The van der Waals surface area contributed by atoms with Crippen LogP contribution in [0, 0.1) is 0 Å². The van der Waals surface area contributed by atoms with Crippen LogP contribution >= 0.6 is 35.3 Å². The summed E-state index contributed by atoms with van der Waals surface area (Å²) in [4.78, 5) is 52.8. The van der Waals surface area contributed by atoms with E-state index < -0.39 is 23.9 Å². The molecule has 0 unspecified atom stereocenters. The first-order valence-electron chi connectivity index (χ1n) is 11.0. The van der Waals surface area contributed by atoms with Crippen molar-refractivity contribution in [1.82, 2.24) is 0 Å². The highest BCUT2D eigenvalue weighted by Crippen LogP contribution is 2.37. The van der Waals surface area contributed by atoms with Gasteiger partial charge in [0.1, 0.15) is 0 Å². The van der Waals surface area contributed by atoms with Crippen molar-refractivity contribution in [3.05, 3.63) is 107 Å². The van der Waals surface area contributed by atoms with E-state index in [2.05, 4.69) is 21.6 Å². The van der Waals surface area contributed by atoms with Gasteiger partial charge in [0.25, 0.3) is 0 Å². The minimum atomic E-state index is -0.613. The molecule has 9 heteroatoms. The molecule has 0 fully saturated rings. The molecule has 4 aromatic rings. The van der Waals surface area contributed by atoms with E-state index in [0.717, 1.165) is 29.4 Å². The molecule has 2 aliphatic rings. The molecule has 4 aromatic carbocycles. The Balaban J connectivity index is 1.17. The van der Waals surface area contributed by atoms with E-state index in [0.29, 0.717) is 22.3 Å². The van der Waals surface area contributed by atoms with Gasteiger partial charge in [-0.3, -0.25) is 0 Å². The van der Waals surface area contributed by atoms with Crippen molar-refractivity contribution in [1.29, 1.82) is 0 Å². The molecule has 6 nitrogen and oxygen atoms in total. The lowest BCUT2D eigenvalue weighted by Crippen LogP contribution is -1.96. The Hall–Kier alpha value is -3.79. The number of esters is 4. The Morgan fingerprint density at radius 2 is 0.703 bits per heavy atom. The van der Waals surface area contributed by atoms with Crippen LogP contribution in [-0.2, 0) is 9.47 Å². The maximum Gasteiger partial charge on any atom is 0.346 e. The van der Waals surface area contributed by atoms with Gasteiger partial charge in [-0.2, -0.15) is 0 Å². The number of hydrogen-bond acceptors (Lipinski definition) is 9. The fourth-order valence-electron chi connectivity index (χ4n) is 3.87. The third-order valence-corrected chi connectivity index (χ3v) is 8.49. The van der Waals surface area contributed by atoms with Crippen LogP contribution in [0.1, 0.15) is 41.4 Å². The van der Waals surface area contributed by atoms with Crippen LogP contribution in [0.3, 0.4) is 0 Å². The number of fused-ring (bicyclic) bond motifs is 2. The molecule has 0 aromatic heterocycles. The smallest absolute Gasteiger partial charge is 0.346 e. The van der Waals surface area contributed by atoms with E-state index in [1.165, 1.54) is 23.5 Å². The van der Waals surface area contributed by atoms with Gasteiger partial charge in [-0.15, -0.1) is 0 Å². The summed E-state index contributed by atoms with van der Waals surface area (Å²) in [6, 6.07) is 26.3. The van der Waals surface area contributed by atoms with E-state index >= 15 is 0 Å². The van der Waals surface area contributed by atoms with Crippen LogP contribution in [0.5, 0.6) is 0 Å². The zero-order chi connectivity index (χ0) is 25.5. The van der Waals surface area contributed by atoms with Gasteiger partial charge in [0.2, 0.25) is 0 Å². The number of rotatable bonds is 6. The minimum absolute atomic E-state index is 0.293. The quantitative estimate of drug-likeness (QED) is 0.194. The first-order chi connectivity index (χ1) is 17.9. The van der Waals surface area contributed by atoms with Crippen LogP contribution in [-0.4, -0.2) is 23.9 Å². The molecule has 0 N–H and O–H groups in total. The number of cyclic esters (lactones) is 4. The van der Waals surface area contributed by atoms with Gasteiger partial charge in [0, 0.05) is 29.4 Å². The maximum atomic E-state index is 11.9. The third kappa shape index (κ3) is 4.81. The average molecular weight is 543 g/mol. The molecular weight excluding hydrogens is 529 g/mol. The lowest BCUT2D eigenvalue weighted by Gasteiger charge is -2.08. The van der Waals surface area contributed by atoms with Gasteiger partial charge in [-0.05, 0) is 72.8 Å². The summed E-state index contributed by atoms with van der Waals surface area (Å²) in [6.07, 6.45) is 0. The largest absolute Gasteiger partial charge is 0.386 e. The molecule has 6 rings (SSSR count). The highest BCUT2D eigenvalue weighted by molar-refractivity contribution is 8.00. The van der Waals surface area contributed by atoms with Crippen molar-refractivity contribution < 1.29 is 28.7 Å². The van der Waals surface area contributed by atoms with E-state index in [1.54, 1.807) is 48.2 Å². The number of hydrogen-bond donors (Lipinski definition) is 0. The van der Waals surface area contributed by atoms with Gasteiger partial charge < -0.3 is 9.47 Å². The molecule has 0 amide bonds. The lowest BCUT2D eigenvalue weighted by atomic mass is 10.1. The van der Waals surface area contributed by atoms with Gasteiger partial charge in [-0.25, -0.2) is 19.2 Å². The SMILES string of the molecule is O=C1OC(=O)c2cc(Sc3cccc(Sc4cccc(Sc5ccc6c(c5)C(=O)OC6=O)c4)c3)ccc21. The monoisotopic (exact) mass is 542 g/mol. The average Bonchev–Trinajstić information content (AvgIpc) is 3.32. The lowest BCUT2D eigenvalue weighted by molar-refractivity contribution is 0.0425. The van der Waals surface area contributed by atoms with Gasteiger partial charge in [0.15, 0.2) is 0 Å². The Morgan fingerprint density at radius 1 is 0.378 bits per heavy atom. The second kappa shape index (κ2) is 9.59. The van der Waals surface area contributed by atoms with Gasteiger partial charge in [0.05, 0.1) is 22.3 Å². The van der Waals surface area contributed by atoms with Gasteiger partial charge >= 0.3 is 23.9 Å². The summed E-state index contributed by atoms with van der Waals surface area (Å²) in [6.45, 7) is 0. The third-order valence-electron chi connectivity index (χ3n) is 5.55. The summed E-state index contributed by atoms with van der Waals surface area (Å²) >= 11 is 4.61. The zero-order valence-corrected chi connectivity index (χ0v) is 21.2. The molecule has 0 spiro atoms. The van der Waals surface area contributed by atoms with Crippen LogP contribution < -0.4 is 0 Å². The van der Waals surface area contributed by atoms with Crippen LogP contribution in [0.15, 0.2) is 114 Å². The first kappa shape index (κ1) is 23.6. The molecule has 2 heterocycles. The van der Waals surface area contributed by atoms with E-state index in [-0.39, 0.29) is 0 Å². The first-order valence-corrected chi connectivity index (χ1v) is 13.4. The van der Waals surface area contributed by atoms with Crippen molar-refractivity contribution in [2.75, 3.05) is 0 Å². The second-order valence-corrected chi connectivity index (χ2v) is 11.5. The van der Waals surface area contributed by atoms with Crippen molar-refractivity contribution in [2.24, 2.45) is 0 Å². The summed E-state index contributed by atoms with van der Waals surface area (Å²) in [5, 5.41) is 0. The van der Waals surface area contributed by atoms with Crippen molar-refractivity contribution >= 4 is 59.2 Å². The summed E-state index contributed by atoms with van der Waals surface area (Å²) in [5.74, 6) is -2.44. The number of benzene rings is 4. The van der Waals surface area contributed by atoms with Crippen molar-refractivity contribution in [2.45, 2.75) is 29.4 Å². The molecule has 0 atom stereocenters. The van der Waals surface area contributed by atoms with E-state index in [4.69, 9.17) is 0 Å². The highest BCUT2D eigenvalue weighted by atomic mass is 32.2. The predicted molar refractivity (Wildman–Crippen MR) is 138 cm³/mol. The molecular formula is C28H14O6S3. The van der Waals surface area contributed by atoms with Crippen molar-refractivity contribution in [3.63, 3.8) is 0 Å². The Bertz CT molecular complexity index is 1520. The van der Waals surface area contributed by atoms with Crippen LogP contribution in [0.4, 0.5) is 0 Å². The number of ether oxygens (including phenoxy) is 2. The van der Waals surface area contributed by atoms with E-state index in [9.17, 15) is 19.2 Å². The Labute approximate surface area is 223 Å².